The standard InChI is InChI=1S/C69H135NO5/c1-3-5-7-9-11-13-15-17-19-30-35-39-43-47-51-55-59-63-69(74)75-64-60-56-52-48-44-40-36-32-29-27-25-23-21-20-22-24-26-28-31-34-38-42-46-50-54-58-62-68(73)70-66(65-71)67(72)61-57-53-49-45-41-37-33-18-16-14-12-10-8-6-4-2/h17,19,66-67,71-72H,3-16,18,20-65H2,1-2H3,(H,70,73)/b19-17-. The minimum absolute atomic E-state index is 0.0149. The lowest BCUT2D eigenvalue weighted by Gasteiger charge is -2.22. The molecule has 0 saturated heterocycles. The number of aliphatic hydroxyl groups is 2. The first-order valence-corrected chi connectivity index (χ1v) is 34.4. The summed E-state index contributed by atoms with van der Waals surface area (Å²) >= 11 is 0. The Hall–Kier alpha value is -1.40. The van der Waals surface area contributed by atoms with Gasteiger partial charge in [0.1, 0.15) is 0 Å². The maximum atomic E-state index is 12.5. The van der Waals surface area contributed by atoms with E-state index in [0.717, 1.165) is 44.9 Å². The minimum Gasteiger partial charge on any atom is -0.466 e. The number of allylic oxidation sites excluding steroid dienone is 2. The maximum Gasteiger partial charge on any atom is 0.305 e. The predicted molar refractivity (Wildman–Crippen MR) is 329 cm³/mol. The summed E-state index contributed by atoms with van der Waals surface area (Å²) in [5.74, 6) is -0.0147. The SMILES string of the molecule is CCCCCCCC/C=C\CCCCCCCCCC(=O)OCCCCCCCCCCCCCCCCCCCCCCCCCCCCC(=O)NC(CO)C(O)CCCCCCCCCCCCCCCCC. The lowest BCUT2D eigenvalue weighted by molar-refractivity contribution is -0.143. The summed E-state index contributed by atoms with van der Waals surface area (Å²) in [6.45, 7) is 4.98. The smallest absolute Gasteiger partial charge is 0.305 e. The Bertz CT molecular complexity index is 1130. The van der Waals surface area contributed by atoms with Crippen LogP contribution < -0.4 is 5.32 Å². The number of carbonyl (C=O) groups is 2. The van der Waals surface area contributed by atoms with Crippen molar-refractivity contribution in [3.63, 3.8) is 0 Å². The van der Waals surface area contributed by atoms with Crippen molar-refractivity contribution in [1.82, 2.24) is 5.32 Å². The van der Waals surface area contributed by atoms with Crippen molar-refractivity contribution in [1.29, 1.82) is 0 Å². The van der Waals surface area contributed by atoms with Gasteiger partial charge >= 0.3 is 5.97 Å². The monoisotopic (exact) mass is 1060 g/mol. The van der Waals surface area contributed by atoms with Gasteiger partial charge < -0.3 is 20.3 Å². The van der Waals surface area contributed by atoms with Gasteiger partial charge in [-0.05, 0) is 51.4 Å². The molecule has 0 bridgehead atoms. The van der Waals surface area contributed by atoms with Crippen LogP contribution in [0.5, 0.6) is 0 Å². The highest BCUT2D eigenvalue weighted by atomic mass is 16.5. The number of ether oxygens (including phenoxy) is 1. The van der Waals surface area contributed by atoms with Gasteiger partial charge in [0.15, 0.2) is 0 Å². The molecule has 0 heterocycles. The van der Waals surface area contributed by atoms with E-state index in [-0.39, 0.29) is 18.5 Å². The molecule has 0 spiro atoms. The van der Waals surface area contributed by atoms with Crippen LogP contribution in [0.4, 0.5) is 0 Å². The third-order valence-electron chi connectivity index (χ3n) is 16.3. The second-order valence-corrected chi connectivity index (χ2v) is 23.9. The largest absolute Gasteiger partial charge is 0.466 e. The highest BCUT2D eigenvalue weighted by Gasteiger charge is 2.20. The summed E-state index contributed by atoms with van der Waals surface area (Å²) < 4.78 is 5.50. The molecule has 446 valence electrons. The van der Waals surface area contributed by atoms with Crippen molar-refractivity contribution in [2.45, 2.75) is 405 Å². The Morgan fingerprint density at radius 3 is 0.947 bits per heavy atom. The van der Waals surface area contributed by atoms with Gasteiger partial charge in [-0.1, -0.05) is 341 Å². The number of nitrogens with one attached hydrogen (secondary N) is 1. The van der Waals surface area contributed by atoms with E-state index in [1.165, 1.54) is 315 Å². The molecule has 0 aliphatic rings. The number of hydrogen-bond acceptors (Lipinski definition) is 5. The van der Waals surface area contributed by atoms with Gasteiger partial charge in [-0.15, -0.1) is 0 Å². The topological polar surface area (TPSA) is 95.9 Å². The molecule has 0 saturated carbocycles. The van der Waals surface area contributed by atoms with Crippen LogP contribution in [0.15, 0.2) is 12.2 Å². The third-order valence-corrected chi connectivity index (χ3v) is 16.3. The Labute approximate surface area is 469 Å². The van der Waals surface area contributed by atoms with Gasteiger partial charge in [0.2, 0.25) is 5.91 Å². The molecule has 0 aliphatic heterocycles. The lowest BCUT2D eigenvalue weighted by atomic mass is 10.0. The molecule has 2 unspecified atom stereocenters. The summed E-state index contributed by atoms with van der Waals surface area (Å²) in [5.41, 5.74) is 0. The molecule has 1 amide bonds. The molecular formula is C69H135NO5. The summed E-state index contributed by atoms with van der Waals surface area (Å²) in [6, 6.07) is -0.539. The fourth-order valence-electron chi connectivity index (χ4n) is 11.1. The van der Waals surface area contributed by atoms with E-state index in [4.69, 9.17) is 4.74 Å². The fourth-order valence-corrected chi connectivity index (χ4v) is 11.1. The van der Waals surface area contributed by atoms with Crippen molar-refractivity contribution < 1.29 is 24.5 Å². The average Bonchev–Trinajstić information content (AvgIpc) is 3.41. The zero-order valence-electron chi connectivity index (χ0n) is 51.1. The number of unbranched alkanes of at least 4 members (excludes halogenated alkanes) is 52. The van der Waals surface area contributed by atoms with Gasteiger partial charge in [0.05, 0.1) is 25.4 Å². The first-order valence-electron chi connectivity index (χ1n) is 34.4. The third kappa shape index (κ3) is 61.7. The van der Waals surface area contributed by atoms with Crippen LogP contribution in [-0.4, -0.2) is 47.4 Å². The van der Waals surface area contributed by atoms with Crippen LogP contribution in [0, 0.1) is 0 Å². The van der Waals surface area contributed by atoms with E-state index < -0.39 is 12.1 Å². The van der Waals surface area contributed by atoms with Crippen LogP contribution in [0.1, 0.15) is 393 Å². The molecule has 6 nitrogen and oxygen atoms in total. The van der Waals surface area contributed by atoms with Crippen LogP contribution in [0.3, 0.4) is 0 Å². The normalized spacial score (nSPS) is 12.5. The van der Waals surface area contributed by atoms with Gasteiger partial charge in [-0.3, -0.25) is 9.59 Å². The molecule has 0 fully saturated rings. The minimum atomic E-state index is -0.662. The molecule has 0 aliphatic carbocycles. The van der Waals surface area contributed by atoms with Crippen molar-refractivity contribution in [2.24, 2.45) is 0 Å². The zero-order chi connectivity index (χ0) is 54.3. The molecule has 0 rings (SSSR count). The molecule has 6 heteroatoms. The Morgan fingerprint density at radius 2 is 0.627 bits per heavy atom. The molecular weight excluding hydrogens is 923 g/mol. The highest BCUT2D eigenvalue weighted by Crippen LogP contribution is 2.19. The van der Waals surface area contributed by atoms with E-state index in [0.29, 0.717) is 25.9 Å². The Balaban J connectivity index is 3.33. The van der Waals surface area contributed by atoms with Crippen LogP contribution in [0.2, 0.25) is 0 Å². The predicted octanol–water partition coefficient (Wildman–Crippen LogP) is 22.0. The summed E-state index contributed by atoms with van der Waals surface area (Å²) in [7, 11) is 0. The van der Waals surface area contributed by atoms with Crippen molar-refractivity contribution in [3.8, 4) is 0 Å². The molecule has 0 aromatic rings. The van der Waals surface area contributed by atoms with E-state index in [9.17, 15) is 19.8 Å². The number of carbonyl (C=O) groups excluding carboxylic acids is 2. The van der Waals surface area contributed by atoms with E-state index in [1.54, 1.807) is 0 Å². The maximum absolute atomic E-state index is 12.5. The van der Waals surface area contributed by atoms with Gasteiger partial charge in [0, 0.05) is 12.8 Å². The summed E-state index contributed by atoms with van der Waals surface area (Å²) in [4.78, 5) is 24.6. The molecule has 0 radical (unpaired) electrons. The number of rotatable bonds is 65. The van der Waals surface area contributed by atoms with E-state index in [1.807, 2.05) is 0 Å². The summed E-state index contributed by atoms with van der Waals surface area (Å²) in [6.07, 6.45) is 79.6. The lowest BCUT2D eigenvalue weighted by Crippen LogP contribution is -2.45. The van der Waals surface area contributed by atoms with Crippen LogP contribution >= 0.6 is 0 Å². The number of esters is 1. The summed E-state index contributed by atoms with van der Waals surface area (Å²) in [5, 5.41) is 23.3. The molecule has 3 N–H and O–H groups in total. The second kappa shape index (κ2) is 65.1. The molecule has 75 heavy (non-hydrogen) atoms. The van der Waals surface area contributed by atoms with Crippen LogP contribution in [-0.2, 0) is 14.3 Å². The van der Waals surface area contributed by atoms with Crippen LogP contribution in [0.25, 0.3) is 0 Å². The first-order chi connectivity index (χ1) is 37.0. The Kier molecular flexibility index (Phi) is 63.9. The first kappa shape index (κ1) is 73.6. The molecule has 0 aromatic carbocycles. The number of amides is 1. The van der Waals surface area contributed by atoms with Crippen molar-refractivity contribution >= 4 is 11.9 Å². The highest BCUT2D eigenvalue weighted by molar-refractivity contribution is 5.76. The number of aliphatic hydroxyl groups excluding tert-OH is 2. The Morgan fingerprint density at radius 1 is 0.360 bits per heavy atom. The van der Waals surface area contributed by atoms with Crippen molar-refractivity contribution in [2.75, 3.05) is 13.2 Å². The number of hydrogen-bond donors (Lipinski definition) is 3. The van der Waals surface area contributed by atoms with Gasteiger partial charge in [0.25, 0.3) is 0 Å². The second-order valence-electron chi connectivity index (χ2n) is 23.9. The van der Waals surface area contributed by atoms with E-state index in [2.05, 4.69) is 31.3 Å². The van der Waals surface area contributed by atoms with Crippen molar-refractivity contribution in [3.05, 3.63) is 12.2 Å². The fraction of sp³-hybridized carbons (Fsp3) is 0.942. The van der Waals surface area contributed by atoms with Gasteiger partial charge in [-0.2, -0.15) is 0 Å². The molecule has 0 aromatic heterocycles. The zero-order valence-corrected chi connectivity index (χ0v) is 51.1. The average molecular weight is 1060 g/mol. The van der Waals surface area contributed by atoms with Gasteiger partial charge in [-0.25, -0.2) is 0 Å². The quantitative estimate of drug-likeness (QED) is 0.0320. The molecule has 2 atom stereocenters. The van der Waals surface area contributed by atoms with E-state index >= 15 is 0 Å².